The lowest BCUT2D eigenvalue weighted by Gasteiger charge is -2.15. The summed E-state index contributed by atoms with van der Waals surface area (Å²) in [6.45, 7) is 3.42. The molecule has 3 rings (SSSR count). The maximum Gasteiger partial charge on any atom is 0.261 e. The Balaban J connectivity index is 1.60. The van der Waals surface area contributed by atoms with Crippen LogP contribution in [0.25, 0.3) is 0 Å². The topological polar surface area (TPSA) is 104 Å². The van der Waals surface area contributed by atoms with E-state index < -0.39 is 27.9 Å². The number of amides is 2. The number of benzene rings is 3. The van der Waals surface area contributed by atoms with Crippen LogP contribution in [0, 0.1) is 6.92 Å². The highest BCUT2D eigenvalue weighted by Crippen LogP contribution is 2.19. The number of halogens is 1. The molecule has 166 valence electrons. The highest BCUT2D eigenvalue weighted by Gasteiger charge is 2.18. The minimum atomic E-state index is -3.72. The van der Waals surface area contributed by atoms with Gasteiger partial charge in [0.2, 0.25) is 5.91 Å². The fourth-order valence-electron chi connectivity index (χ4n) is 2.79. The quantitative estimate of drug-likeness (QED) is 0.480. The molecule has 0 bridgehead atoms. The monoisotopic (exact) mass is 471 g/mol. The van der Waals surface area contributed by atoms with Gasteiger partial charge >= 0.3 is 0 Å². The molecule has 0 saturated heterocycles. The Kier molecular flexibility index (Phi) is 7.17. The highest BCUT2D eigenvalue weighted by atomic mass is 35.5. The fraction of sp³-hybridized carbons (Fsp3) is 0.130. The maximum absolute atomic E-state index is 12.5. The molecule has 0 aliphatic carbocycles. The summed E-state index contributed by atoms with van der Waals surface area (Å²) in [5.74, 6) is -0.891. The fourth-order valence-corrected chi connectivity index (χ4v) is 4.07. The first kappa shape index (κ1) is 23.3. The largest absolute Gasteiger partial charge is 0.340 e. The summed E-state index contributed by atoms with van der Waals surface area (Å²) in [6, 6.07) is 18.4. The third-order valence-electron chi connectivity index (χ3n) is 4.60. The lowest BCUT2D eigenvalue weighted by Crippen LogP contribution is -2.41. The normalized spacial score (nSPS) is 12.0. The zero-order valence-electron chi connectivity index (χ0n) is 17.4. The van der Waals surface area contributed by atoms with Crippen LogP contribution in [0.4, 0.5) is 11.4 Å². The summed E-state index contributed by atoms with van der Waals surface area (Å²) >= 11 is 6.01. The SMILES string of the molecule is Cc1ccc(S(=O)(=O)Nc2ccc(NC(=O)[C@H](C)NC(=O)c3ccccc3Cl)cc2)cc1. The van der Waals surface area contributed by atoms with Crippen molar-refractivity contribution in [1.29, 1.82) is 0 Å². The van der Waals surface area contributed by atoms with E-state index in [4.69, 9.17) is 11.6 Å². The van der Waals surface area contributed by atoms with Crippen LogP contribution in [-0.2, 0) is 14.8 Å². The molecule has 32 heavy (non-hydrogen) atoms. The first-order valence-electron chi connectivity index (χ1n) is 9.71. The average Bonchev–Trinajstić information content (AvgIpc) is 2.75. The second-order valence-electron chi connectivity index (χ2n) is 7.16. The summed E-state index contributed by atoms with van der Waals surface area (Å²) < 4.78 is 27.5. The maximum atomic E-state index is 12.5. The van der Waals surface area contributed by atoms with Crippen LogP contribution in [0.3, 0.4) is 0 Å². The standard InChI is InChI=1S/C23H22ClN3O4S/c1-15-7-13-19(14-8-15)32(30,31)27-18-11-9-17(10-12-18)26-22(28)16(2)25-23(29)20-5-3-4-6-21(20)24/h3-14,16,27H,1-2H3,(H,25,29)(H,26,28)/t16-/m0/s1. The third-order valence-corrected chi connectivity index (χ3v) is 6.32. The van der Waals surface area contributed by atoms with E-state index in [1.807, 2.05) is 6.92 Å². The van der Waals surface area contributed by atoms with Gasteiger partial charge in [-0.05, 0) is 62.4 Å². The molecule has 7 nitrogen and oxygen atoms in total. The molecule has 1 atom stereocenters. The number of carbonyl (C=O) groups excluding carboxylic acids is 2. The smallest absolute Gasteiger partial charge is 0.261 e. The van der Waals surface area contributed by atoms with Crippen LogP contribution >= 0.6 is 11.6 Å². The van der Waals surface area contributed by atoms with E-state index >= 15 is 0 Å². The van der Waals surface area contributed by atoms with E-state index in [2.05, 4.69) is 15.4 Å². The number of aryl methyl sites for hydroxylation is 1. The number of hydrogen-bond donors (Lipinski definition) is 3. The highest BCUT2D eigenvalue weighted by molar-refractivity contribution is 7.92. The number of sulfonamides is 1. The van der Waals surface area contributed by atoms with Crippen molar-refractivity contribution in [3.8, 4) is 0 Å². The molecule has 0 radical (unpaired) electrons. The van der Waals surface area contributed by atoms with Crippen molar-refractivity contribution in [1.82, 2.24) is 5.32 Å². The van der Waals surface area contributed by atoms with Gasteiger partial charge in [0.15, 0.2) is 0 Å². The Bertz CT molecular complexity index is 1230. The van der Waals surface area contributed by atoms with Gasteiger partial charge in [0.25, 0.3) is 15.9 Å². The van der Waals surface area contributed by atoms with Crippen molar-refractivity contribution in [2.45, 2.75) is 24.8 Å². The first-order chi connectivity index (χ1) is 15.2. The molecule has 3 N–H and O–H groups in total. The summed E-state index contributed by atoms with van der Waals surface area (Å²) in [6.07, 6.45) is 0. The second-order valence-corrected chi connectivity index (χ2v) is 9.25. The first-order valence-corrected chi connectivity index (χ1v) is 11.6. The van der Waals surface area contributed by atoms with Crippen molar-refractivity contribution in [3.05, 3.63) is 88.9 Å². The van der Waals surface area contributed by atoms with Crippen LogP contribution in [0.1, 0.15) is 22.8 Å². The molecule has 0 unspecified atom stereocenters. The molecule has 3 aromatic rings. The van der Waals surface area contributed by atoms with E-state index in [1.54, 1.807) is 55.5 Å². The van der Waals surface area contributed by atoms with Crippen LogP contribution < -0.4 is 15.4 Å². The van der Waals surface area contributed by atoms with Gasteiger partial charge in [-0.1, -0.05) is 41.4 Å². The summed E-state index contributed by atoms with van der Waals surface area (Å²) in [7, 11) is -3.72. The van der Waals surface area contributed by atoms with Gasteiger partial charge in [-0.2, -0.15) is 0 Å². The third kappa shape index (κ3) is 5.87. The molecule has 0 aliphatic heterocycles. The van der Waals surface area contributed by atoms with E-state index in [9.17, 15) is 18.0 Å². The van der Waals surface area contributed by atoms with Crippen molar-refractivity contribution in [2.24, 2.45) is 0 Å². The van der Waals surface area contributed by atoms with Crippen molar-refractivity contribution in [2.75, 3.05) is 10.0 Å². The Morgan fingerprint density at radius 1 is 0.875 bits per heavy atom. The molecule has 2 amide bonds. The molecule has 3 aromatic carbocycles. The van der Waals surface area contributed by atoms with Gasteiger partial charge in [0.1, 0.15) is 6.04 Å². The van der Waals surface area contributed by atoms with E-state index in [0.29, 0.717) is 16.4 Å². The Morgan fingerprint density at radius 2 is 1.47 bits per heavy atom. The summed E-state index contributed by atoms with van der Waals surface area (Å²) in [5.41, 5.74) is 2.04. The van der Waals surface area contributed by atoms with Crippen LogP contribution in [0.2, 0.25) is 5.02 Å². The number of hydrogen-bond acceptors (Lipinski definition) is 4. The molecule has 0 spiro atoms. The van der Waals surface area contributed by atoms with Crippen molar-refractivity contribution >= 4 is 44.8 Å². The van der Waals surface area contributed by atoms with Crippen molar-refractivity contribution < 1.29 is 18.0 Å². The second kappa shape index (κ2) is 9.84. The minimum Gasteiger partial charge on any atom is -0.340 e. The van der Waals surface area contributed by atoms with Crippen LogP contribution in [0.15, 0.2) is 77.7 Å². The molecule has 0 heterocycles. The molecule has 0 aromatic heterocycles. The van der Waals surface area contributed by atoms with Crippen molar-refractivity contribution in [3.63, 3.8) is 0 Å². The minimum absolute atomic E-state index is 0.156. The molecule has 0 fully saturated rings. The van der Waals surface area contributed by atoms with E-state index in [1.165, 1.54) is 24.3 Å². The molecular weight excluding hydrogens is 450 g/mol. The zero-order chi connectivity index (χ0) is 23.3. The Morgan fingerprint density at radius 3 is 2.09 bits per heavy atom. The predicted octanol–water partition coefficient (Wildman–Crippen LogP) is 4.21. The summed E-state index contributed by atoms with van der Waals surface area (Å²) in [4.78, 5) is 24.9. The van der Waals surface area contributed by atoms with Gasteiger partial charge in [0.05, 0.1) is 15.5 Å². The zero-order valence-corrected chi connectivity index (χ0v) is 19.0. The Hall–Kier alpha value is -3.36. The van der Waals surface area contributed by atoms with Crippen LogP contribution in [0.5, 0.6) is 0 Å². The molecular formula is C23H22ClN3O4S. The van der Waals surface area contributed by atoms with Gasteiger partial charge in [-0.25, -0.2) is 8.42 Å². The van der Waals surface area contributed by atoms with Gasteiger partial charge in [-0.3, -0.25) is 14.3 Å². The lowest BCUT2D eigenvalue weighted by molar-refractivity contribution is -0.117. The molecule has 0 saturated carbocycles. The van der Waals surface area contributed by atoms with E-state index in [-0.39, 0.29) is 10.5 Å². The Labute approximate surface area is 191 Å². The van der Waals surface area contributed by atoms with E-state index in [0.717, 1.165) is 5.56 Å². The summed E-state index contributed by atoms with van der Waals surface area (Å²) in [5, 5.41) is 5.56. The number of anilines is 2. The predicted molar refractivity (Wildman–Crippen MR) is 125 cm³/mol. The molecule has 0 aliphatic rings. The van der Waals surface area contributed by atoms with Gasteiger partial charge < -0.3 is 10.6 Å². The number of carbonyl (C=O) groups is 2. The lowest BCUT2D eigenvalue weighted by atomic mass is 10.2. The average molecular weight is 472 g/mol. The number of nitrogens with one attached hydrogen (secondary N) is 3. The van der Waals surface area contributed by atoms with Crippen LogP contribution in [-0.4, -0.2) is 26.3 Å². The van der Waals surface area contributed by atoms with Gasteiger partial charge in [-0.15, -0.1) is 0 Å². The van der Waals surface area contributed by atoms with Gasteiger partial charge in [0, 0.05) is 11.4 Å². The number of rotatable bonds is 7. The molecule has 9 heteroatoms.